The molecule has 0 saturated heterocycles. The van der Waals surface area contributed by atoms with Crippen molar-refractivity contribution in [1.29, 1.82) is 0 Å². The van der Waals surface area contributed by atoms with Gasteiger partial charge in [0, 0.05) is 12.3 Å². The first kappa shape index (κ1) is 21.0. The van der Waals surface area contributed by atoms with Crippen LogP contribution in [-0.2, 0) is 19.1 Å². The maximum atomic E-state index is 12.2. The molecule has 1 aliphatic carbocycles. The Labute approximate surface area is 172 Å². The molecule has 0 bridgehead atoms. The molecular formula is C22H21NO7. The van der Waals surface area contributed by atoms with E-state index in [4.69, 9.17) is 9.84 Å². The minimum atomic E-state index is -1.35. The van der Waals surface area contributed by atoms with Gasteiger partial charge in [-0.25, -0.2) is 9.59 Å². The van der Waals surface area contributed by atoms with Gasteiger partial charge < -0.3 is 20.3 Å². The van der Waals surface area contributed by atoms with E-state index in [0.29, 0.717) is 0 Å². The number of hydrogen-bond acceptors (Lipinski definition) is 5. The van der Waals surface area contributed by atoms with Gasteiger partial charge >= 0.3 is 18.0 Å². The lowest BCUT2D eigenvalue weighted by Gasteiger charge is -2.17. The molecule has 1 atom stereocenters. The maximum Gasteiger partial charge on any atom is 0.407 e. The highest BCUT2D eigenvalue weighted by molar-refractivity contribution is 5.95. The second-order valence-corrected chi connectivity index (χ2v) is 7.01. The van der Waals surface area contributed by atoms with Crippen molar-refractivity contribution < 1.29 is 34.1 Å². The van der Waals surface area contributed by atoms with Crippen molar-refractivity contribution in [2.75, 3.05) is 6.61 Å². The van der Waals surface area contributed by atoms with Crippen molar-refractivity contribution in [3.05, 3.63) is 59.7 Å². The van der Waals surface area contributed by atoms with E-state index >= 15 is 0 Å². The molecule has 0 aliphatic heterocycles. The van der Waals surface area contributed by atoms with Crippen molar-refractivity contribution in [2.24, 2.45) is 0 Å². The number of alkyl carbamates (subject to hydrolysis) is 1. The number of rotatable bonds is 9. The third-order valence-electron chi connectivity index (χ3n) is 4.99. The Morgan fingerprint density at radius 2 is 1.50 bits per heavy atom. The first-order chi connectivity index (χ1) is 14.4. The smallest absolute Gasteiger partial charge is 0.407 e. The standard InChI is InChI=1S/C22H21NO7/c24-13(11-20(25)26)9-10-19(21(27)28)23-22(29)30-12-18-16-7-3-1-5-14(16)15-6-2-4-8-17(15)18/h1-8,18-19H,9-12H2,(H,23,29)(H,25,26)(H,27,28). The van der Waals surface area contributed by atoms with Crippen LogP contribution in [0.4, 0.5) is 4.79 Å². The summed E-state index contributed by atoms with van der Waals surface area (Å²) in [5.41, 5.74) is 4.20. The average Bonchev–Trinajstić information content (AvgIpc) is 3.02. The van der Waals surface area contributed by atoms with Gasteiger partial charge in [-0.2, -0.15) is 0 Å². The van der Waals surface area contributed by atoms with Crippen LogP contribution in [-0.4, -0.2) is 46.7 Å². The number of hydrogen-bond donors (Lipinski definition) is 3. The molecule has 0 saturated carbocycles. The largest absolute Gasteiger partial charge is 0.481 e. The highest BCUT2D eigenvalue weighted by Crippen LogP contribution is 2.44. The minimum Gasteiger partial charge on any atom is -0.481 e. The molecule has 2 aromatic rings. The molecule has 1 unspecified atom stereocenters. The van der Waals surface area contributed by atoms with Crippen LogP contribution < -0.4 is 5.32 Å². The highest BCUT2D eigenvalue weighted by atomic mass is 16.5. The summed E-state index contributed by atoms with van der Waals surface area (Å²) in [5, 5.41) is 20.1. The number of ketones is 1. The lowest BCUT2D eigenvalue weighted by Crippen LogP contribution is -2.41. The first-order valence-electron chi connectivity index (χ1n) is 9.44. The summed E-state index contributed by atoms with van der Waals surface area (Å²) in [6, 6.07) is 14.3. The first-order valence-corrected chi connectivity index (χ1v) is 9.44. The van der Waals surface area contributed by atoms with Crippen molar-refractivity contribution >= 4 is 23.8 Å². The molecule has 0 spiro atoms. The number of ether oxygens (including phenoxy) is 1. The maximum absolute atomic E-state index is 12.2. The third-order valence-corrected chi connectivity index (χ3v) is 4.99. The van der Waals surface area contributed by atoms with E-state index in [1.165, 1.54) is 0 Å². The predicted octanol–water partition coefficient (Wildman–Crippen LogP) is 2.80. The quantitative estimate of drug-likeness (QED) is 0.541. The van der Waals surface area contributed by atoms with E-state index in [1.54, 1.807) is 0 Å². The second kappa shape index (κ2) is 9.21. The van der Waals surface area contributed by atoms with Gasteiger partial charge in [0.25, 0.3) is 0 Å². The molecule has 8 nitrogen and oxygen atoms in total. The van der Waals surface area contributed by atoms with E-state index in [0.717, 1.165) is 22.3 Å². The zero-order valence-electron chi connectivity index (χ0n) is 16.0. The number of benzene rings is 2. The van der Waals surface area contributed by atoms with Gasteiger partial charge in [-0.05, 0) is 28.7 Å². The van der Waals surface area contributed by atoms with Gasteiger partial charge in [0.2, 0.25) is 0 Å². The van der Waals surface area contributed by atoms with Gasteiger partial charge in [-0.3, -0.25) is 9.59 Å². The number of carboxylic acids is 2. The Kier molecular flexibility index (Phi) is 6.46. The summed E-state index contributed by atoms with van der Waals surface area (Å²) in [5.74, 6) is -3.38. The Hall–Kier alpha value is -3.68. The van der Waals surface area contributed by atoms with E-state index in [-0.39, 0.29) is 25.4 Å². The normalized spacial score (nSPS) is 13.1. The van der Waals surface area contributed by atoms with Crippen LogP contribution in [0.1, 0.15) is 36.3 Å². The van der Waals surface area contributed by atoms with Crippen LogP contribution >= 0.6 is 0 Å². The van der Waals surface area contributed by atoms with Crippen LogP contribution in [0.25, 0.3) is 11.1 Å². The second-order valence-electron chi connectivity index (χ2n) is 7.01. The number of Topliss-reactive ketones (excluding diaryl/α,β-unsaturated/α-hetero) is 1. The molecule has 3 N–H and O–H groups in total. The third kappa shape index (κ3) is 4.83. The van der Waals surface area contributed by atoms with E-state index in [9.17, 15) is 24.3 Å². The number of nitrogens with one attached hydrogen (secondary N) is 1. The van der Waals surface area contributed by atoms with Crippen LogP contribution in [0, 0.1) is 0 Å². The Balaban J connectivity index is 1.60. The molecule has 30 heavy (non-hydrogen) atoms. The van der Waals surface area contributed by atoms with E-state index in [2.05, 4.69) is 5.32 Å². The summed E-state index contributed by atoms with van der Waals surface area (Å²) in [4.78, 5) is 45.6. The van der Waals surface area contributed by atoms with E-state index < -0.39 is 36.3 Å². The Morgan fingerprint density at radius 3 is 2.03 bits per heavy atom. The van der Waals surface area contributed by atoms with Gasteiger partial charge in [-0.1, -0.05) is 48.5 Å². The van der Waals surface area contributed by atoms with Crippen molar-refractivity contribution in [3.63, 3.8) is 0 Å². The zero-order chi connectivity index (χ0) is 21.7. The van der Waals surface area contributed by atoms with Gasteiger partial charge in [-0.15, -0.1) is 0 Å². The fourth-order valence-electron chi connectivity index (χ4n) is 3.60. The summed E-state index contributed by atoms with van der Waals surface area (Å²) >= 11 is 0. The number of aliphatic carboxylic acids is 2. The summed E-state index contributed by atoms with van der Waals surface area (Å²) in [6.07, 6.45) is -2.08. The molecule has 3 rings (SSSR count). The average molecular weight is 411 g/mol. The highest BCUT2D eigenvalue weighted by Gasteiger charge is 2.29. The molecule has 0 radical (unpaired) electrons. The zero-order valence-corrected chi connectivity index (χ0v) is 16.0. The molecule has 1 aliphatic rings. The van der Waals surface area contributed by atoms with Crippen molar-refractivity contribution in [1.82, 2.24) is 5.32 Å². The summed E-state index contributed by atoms with van der Waals surface area (Å²) < 4.78 is 5.30. The van der Waals surface area contributed by atoms with Gasteiger partial charge in [0.1, 0.15) is 24.9 Å². The van der Waals surface area contributed by atoms with Crippen LogP contribution in [0.15, 0.2) is 48.5 Å². The summed E-state index contributed by atoms with van der Waals surface area (Å²) in [7, 11) is 0. The lowest BCUT2D eigenvalue weighted by molar-refractivity contribution is -0.140. The molecule has 156 valence electrons. The number of amides is 1. The SMILES string of the molecule is O=C(O)CC(=O)CCC(NC(=O)OCC1c2ccccc2-c2ccccc21)C(=O)O. The molecule has 2 aromatic carbocycles. The molecule has 8 heteroatoms. The van der Waals surface area contributed by atoms with Crippen LogP contribution in [0.3, 0.4) is 0 Å². The van der Waals surface area contributed by atoms with Crippen molar-refractivity contribution in [2.45, 2.75) is 31.2 Å². The minimum absolute atomic E-state index is 0.0319. The lowest BCUT2D eigenvalue weighted by atomic mass is 9.98. The Morgan fingerprint density at radius 1 is 0.933 bits per heavy atom. The topological polar surface area (TPSA) is 130 Å². The molecule has 0 heterocycles. The molecule has 0 aromatic heterocycles. The van der Waals surface area contributed by atoms with Gasteiger partial charge in [0.15, 0.2) is 0 Å². The van der Waals surface area contributed by atoms with Crippen LogP contribution in [0.5, 0.6) is 0 Å². The Bertz CT molecular complexity index is 939. The molecular weight excluding hydrogens is 390 g/mol. The van der Waals surface area contributed by atoms with E-state index in [1.807, 2.05) is 48.5 Å². The molecule has 1 amide bonds. The van der Waals surface area contributed by atoms with Gasteiger partial charge in [0.05, 0.1) is 0 Å². The number of carbonyl (C=O) groups excluding carboxylic acids is 2. The predicted molar refractivity (Wildman–Crippen MR) is 106 cm³/mol. The monoisotopic (exact) mass is 411 g/mol. The number of carbonyl (C=O) groups is 4. The number of fused-ring (bicyclic) bond motifs is 3. The molecule has 0 fully saturated rings. The van der Waals surface area contributed by atoms with Crippen molar-refractivity contribution in [3.8, 4) is 11.1 Å². The fraction of sp³-hybridized carbons (Fsp3) is 0.273. The number of carboxylic acid groups (broad SMARTS) is 2. The summed E-state index contributed by atoms with van der Waals surface area (Å²) in [6.45, 7) is 0.0319. The fourth-order valence-corrected chi connectivity index (χ4v) is 3.60. The van der Waals surface area contributed by atoms with Crippen LogP contribution in [0.2, 0.25) is 0 Å².